The Balaban J connectivity index is 1.57. The van der Waals surface area contributed by atoms with Gasteiger partial charge in [0.05, 0.1) is 4.90 Å². The zero-order valence-corrected chi connectivity index (χ0v) is 15.1. The number of carbonyl (C=O) groups excluding carboxylic acids is 1. The number of aromatic nitrogens is 1. The number of fused-ring (bicyclic) bond motifs is 1. The molecule has 5 nitrogen and oxygen atoms in total. The number of hydrogen-bond donors (Lipinski definition) is 0. The van der Waals surface area contributed by atoms with Gasteiger partial charge in [-0.1, -0.05) is 24.3 Å². The van der Waals surface area contributed by atoms with Crippen LogP contribution in [0.15, 0.2) is 77.3 Å². The smallest absolute Gasteiger partial charge is 0.243 e. The molecule has 3 aromatic rings. The monoisotopic (exact) mass is 366 g/mol. The summed E-state index contributed by atoms with van der Waals surface area (Å²) >= 11 is 0. The topological polar surface area (TPSA) is 59.4 Å². The molecule has 0 N–H and O–H groups in total. The molecule has 0 fully saturated rings. The maximum atomic E-state index is 12.8. The molecular weight excluding hydrogens is 348 g/mol. The van der Waals surface area contributed by atoms with Gasteiger partial charge in [0.15, 0.2) is 5.78 Å². The summed E-state index contributed by atoms with van der Waals surface area (Å²) in [6.07, 6.45) is 3.65. The van der Waals surface area contributed by atoms with Crippen molar-refractivity contribution in [1.82, 2.24) is 8.87 Å². The average molecular weight is 366 g/mol. The number of carbonyl (C=O) groups is 1. The van der Waals surface area contributed by atoms with Gasteiger partial charge >= 0.3 is 0 Å². The lowest BCUT2D eigenvalue weighted by Crippen LogP contribution is -2.29. The average Bonchev–Trinajstić information content (AvgIpc) is 3.29. The van der Waals surface area contributed by atoms with Crippen LogP contribution in [0.25, 0.3) is 10.9 Å². The van der Waals surface area contributed by atoms with E-state index in [9.17, 15) is 13.2 Å². The molecular formula is C20H18N2O3S. The maximum absolute atomic E-state index is 12.8. The first-order chi connectivity index (χ1) is 12.5. The second-order valence-electron chi connectivity index (χ2n) is 6.37. The molecule has 1 aliphatic rings. The minimum Gasteiger partial charge on any atom is -0.351 e. The fourth-order valence-electron chi connectivity index (χ4n) is 3.23. The third-order valence-electron chi connectivity index (χ3n) is 4.71. The first-order valence-corrected chi connectivity index (χ1v) is 9.75. The fourth-order valence-corrected chi connectivity index (χ4v) is 4.61. The van der Waals surface area contributed by atoms with Gasteiger partial charge in [-0.05, 0) is 36.4 Å². The molecule has 132 valence electrons. The number of benzene rings is 2. The number of nitrogens with zero attached hydrogens (tertiary/aromatic N) is 2. The van der Waals surface area contributed by atoms with Crippen LogP contribution in [0.1, 0.15) is 10.4 Å². The van der Waals surface area contributed by atoms with Crippen molar-refractivity contribution in [3.63, 3.8) is 0 Å². The van der Waals surface area contributed by atoms with Gasteiger partial charge in [-0.15, -0.1) is 0 Å². The predicted molar refractivity (Wildman–Crippen MR) is 101 cm³/mol. The Hall–Kier alpha value is -2.70. The normalized spacial score (nSPS) is 15.3. The lowest BCUT2D eigenvalue weighted by atomic mass is 10.0. The summed E-state index contributed by atoms with van der Waals surface area (Å²) < 4.78 is 28.7. The van der Waals surface area contributed by atoms with Gasteiger partial charge in [0.25, 0.3) is 0 Å². The van der Waals surface area contributed by atoms with E-state index in [0.717, 1.165) is 10.9 Å². The highest BCUT2D eigenvalue weighted by molar-refractivity contribution is 7.89. The second kappa shape index (κ2) is 6.23. The number of hydrogen-bond acceptors (Lipinski definition) is 3. The standard InChI is InChI=1S/C20H18N2O3S/c1-21-11-9-15-13-16(7-8-19(15)21)20(23)17-10-12-22(14-17)26(24,25)18-5-3-2-4-6-18/h2-11,13H,12,14H2,1H3. The first-order valence-electron chi connectivity index (χ1n) is 8.31. The third-order valence-corrected chi connectivity index (χ3v) is 6.53. The Morgan fingerprint density at radius 1 is 1.04 bits per heavy atom. The summed E-state index contributed by atoms with van der Waals surface area (Å²) in [5.41, 5.74) is 2.14. The van der Waals surface area contributed by atoms with Crippen molar-refractivity contribution in [3.05, 3.63) is 78.0 Å². The molecule has 0 amide bonds. The van der Waals surface area contributed by atoms with Crippen LogP contribution in [0.5, 0.6) is 0 Å². The first kappa shape index (κ1) is 16.8. The van der Waals surface area contributed by atoms with Crippen LogP contribution in [-0.4, -0.2) is 36.2 Å². The number of ketones is 1. The van der Waals surface area contributed by atoms with E-state index in [1.165, 1.54) is 4.31 Å². The van der Waals surface area contributed by atoms with Crippen LogP contribution in [0, 0.1) is 0 Å². The van der Waals surface area contributed by atoms with Crippen molar-refractivity contribution in [2.75, 3.05) is 13.1 Å². The van der Waals surface area contributed by atoms with E-state index in [1.807, 2.05) is 36.0 Å². The van der Waals surface area contributed by atoms with E-state index in [0.29, 0.717) is 11.1 Å². The maximum Gasteiger partial charge on any atom is 0.243 e. The molecule has 0 atom stereocenters. The number of rotatable bonds is 4. The van der Waals surface area contributed by atoms with Crippen molar-refractivity contribution in [2.45, 2.75) is 4.90 Å². The van der Waals surface area contributed by atoms with Crippen LogP contribution in [0.4, 0.5) is 0 Å². The van der Waals surface area contributed by atoms with Crippen molar-refractivity contribution in [2.24, 2.45) is 7.05 Å². The van der Waals surface area contributed by atoms with Gasteiger partial charge in [-0.25, -0.2) is 8.42 Å². The number of sulfonamides is 1. The predicted octanol–water partition coefficient (Wildman–Crippen LogP) is 2.99. The lowest BCUT2D eigenvalue weighted by Gasteiger charge is -2.16. The number of Topliss-reactive ketones (excluding diaryl/α,β-unsaturated/α-hetero) is 1. The molecule has 0 spiro atoms. The zero-order valence-electron chi connectivity index (χ0n) is 14.3. The summed E-state index contributed by atoms with van der Waals surface area (Å²) in [5.74, 6) is -0.124. The van der Waals surface area contributed by atoms with Gasteiger partial charge in [0, 0.05) is 48.4 Å². The molecule has 1 aromatic heterocycles. The Morgan fingerprint density at radius 3 is 2.58 bits per heavy atom. The number of aryl methyl sites for hydroxylation is 1. The van der Waals surface area contributed by atoms with E-state index in [1.54, 1.807) is 42.5 Å². The van der Waals surface area contributed by atoms with Crippen molar-refractivity contribution in [3.8, 4) is 0 Å². The van der Waals surface area contributed by atoms with Crippen LogP contribution < -0.4 is 0 Å². The van der Waals surface area contributed by atoms with E-state index >= 15 is 0 Å². The third kappa shape index (κ3) is 2.77. The minimum absolute atomic E-state index is 0.100. The van der Waals surface area contributed by atoms with Gasteiger partial charge < -0.3 is 4.57 Å². The molecule has 4 rings (SSSR count). The highest BCUT2D eigenvalue weighted by atomic mass is 32.2. The van der Waals surface area contributed by atoms with E-state index in [2.05, 4.69) is 0 Å². The van der Waals surface area contributed by atoms with Crippen molar-refractivity contribution >= 4 is 26.7 Å². The SMILES string of the molecule is Cn1ccc2cc(C(=O)C3=CCN(S(=O)(=O)c4ccccc4)C3)ccc21. The van der Waals surface area contributed by atoms with E-state index in [-0.39, 0.29) is 23.8 Å². The highest BCUT2D eigenvalue weighted by Gasteiger charge is 2.30. The second-order valence-corrected chi connectivity index (χ2v) is 8.31. The Kier molecular flexibility index (Phi) is 4.01. The van der Waals surface area contributed by atoms with Gasteiger partial charge in [-0.3, -0.25) is 4.79 Å². The Labute approximate surface area is 152 Å². The van der Waals surface area contributed by atoms with Crippen molar-refractivity contribution < 1.29 is 13.2 Å². The molecule has 0 radical (unpaired) electrons. The molecule has 0 saturated carbocycles. The summed E-state index contributed by atoms with van der Waals surface area (Å²) in [6.45, 7) is 0.314. The molecule has 26 heavy (non-hydrogen) atoms. The van der Waals surface area contributed by atoms with Crippen molar-refractivity contribution in [1.29, 1.82) is 0 Å². The summed E-state index contributed by atoms with van der Waals surface area (Å²) in [5, 5.41) is 0.991. The van der Waals surface area contributed by atoms with Gasteiger partial charge in [-0.2, -0.15) is 4.31 Å². The van der Waals surface area contributed by atoms with Crippen LogP contribution >= 0.6 is 0 Å². The van der Waals surface area contributed by atoms with Crippen LogP contribution in [0.2, 0.25) is 0 Å². The summed E-state index contributed by atoms with van der Waals surface area (Å²) in [7, 11) is -1.64. The van der Waals surface area contributed by atoms with Gasteiger partial charge in [0.1, 0.15) is 0 Å². The van der Waals surface area contributed by atoms with Crippen LogP contribution in [0.3, 0.4) is 0 Å². The molecule has 2 aromatic carbocycles. The van der Waals surface area contributed by atoms with E-state index < -0.39 is 10.0 Å². The minimum atomic E-state index is -3.59. The summed E-state index contributed by atoms with van der Waals surface area (Å²) in [4.78, 5) is 13.1. The fraction of sp³-hybridized carbons (Fsp3) is 0.150. The molecule has 6 heteroatoms. The largest absolute Gasteiger partial charge is 0.351 e. The zero-order chi connectivity index (χ0) is 18.3. The molecule has 0 unspecified atom stereocenters. The Morgan fingerprint density at radius 2 is 1.81 bits per heavy atom. The molecule has 0 aliphatic carbocycles. The molecule has 1 aliphatic heterocycles. The summed E-state index contributed by atoms with van der Waals surface area (Å²) in [6, 6.07) is 15.8. The van der Waals surface area contributed by atoms with E-state index in [4.69, 9.17) is 0 Å². The Bertz CT molecular complexity index is 1130. The lowest BCUT2D eigenvalue weighted by molar-refractivity contribution is 0.103. The van der Waals surface area contributed by atoms with Crippen LogP contribution in [-0.2, 0) is 17.1 Å². The van der Waals surface area contributed by atoms with Gasteiger partial charge in [0.2, 0.25) is 10.0 Å². The molecule has 2 heterocycles. The molecule has 0 saturated heterocycles. The quantitative estimate of drug-likeness (QED) is 0.667. The highest BCUT2D eigenvalue weighted by Crippen LogP contribution is 2.24. The molecule has 0 bridgehead atoms.